The number of methoxy groups -OCH3 is 2. The van der Waals surface area contributed by atoms with Crippen LogP contribution in [0.25, 0.3) is 0 Å². The summed E-state index contributed by atoms with van der Waals surface area (Å²) in [6.45, 7) is 0.407. The minimum absolute atomic E-state index is 0.166. The van der Waals surface area contributed by atoms with E-state index in [4.69, 9.17) is 9.47 Å². The number of carbonyl (C=O) groups excluding carboxylic acids is 2. The van der Waals surface area contributed by atoms with Crippen molar-refractivity contribution in [1.82, 2.24) is 0 Å². The van der Waals surface area contributed by atoms with Crippen molar-refractivity contribution in [3.05, 3.63) is 65.7 Å². The molecule has 0 aliphatic carbocycles. The molecule has 0 radical (unpaired) electrons. The Bertz CT molecular complexity index is 815. The number of ether oxygens (including phenoxy) is 3. The number of benzene rings is 2. The van der Waals surface area contributed by atoms with Crippen molar-refractivity contribution in [2.45, 2.75) is 24.4 Å². The summed E-state index contributed by atoms with van der Waals surface area (Å²) >= 11 is 2.77. The van der Waals surface area contributed by atoms with Crippen LogP contribution in [0, 0.1) is 0 Å². The van der Waals surface area contributed by atoms with Gasteiger partial charge in [-0.3, -0.25) is 9.59 Å². The quantitative estimate of drug-likeness (QED) is 0.448. The highest BCUT2D eigenvalue weighted by molar-refractivity contribution is 8.00. The van der Waals surface area contributed by atoms with Gasteiger partial charge >= 0.3 is 11.9 Å². The van der Waals surface area contributed by atoms with E-state index in [1.54, 1.807) is 0 Å². The molecule has 31 heavy (non-hydrogen) atoms. The Balaban J connectivity index is 2.13. The van der Waals surface area contributed by atoms with Gasteiger partial charge in [0.15, 0.2) is 0 Å². The lowest BCUT2D eigenvalue weighted by atomic mass is 10.1. The lowest BCUT2D eigenvalue weighted by molar-refractivity contribution is -0.140. The zero-order chi connectivity index (χ0) is 22.5. The van der Waals surface area contributed by atoms with Gasteiger partial charge in [0.05, 0.1) is 37.7 Å². The molecule has 1 N–H and O–H groups in total. The molecule has 0 saturated carbocycles. The number of carbonyl (C=O) groups is 2. The summed E-state index contributed by atoms with van der Waals surface area (Å²) in [6, 6.07) is 17.4. The van der Waals surface area contributed by atoms with E-state index in [1.807, 2.05) is 54.6 Å². The van der Waals surface area contributed by atoms with Crippen molar-refractivity contribution in [1.29, 1.82) is 0 Å². The molecule has 0 aliphatic heterocycles. The second kappa shape index (κ2) is 14.0. The maximum absolute atomic E-state index is 11.5. The van der Waals surface area contributed by atoms with Gasteiger partial charge in [-0.1, -0.05) is 48.5 Å². The smallest absolute Gasteiger partial charge is 0.315 e. The number of rotatable bonds is 13. The fourth-order valence-corrected chi connectivity index (χ4v) is 4.96. The third-order valence-electron chi connectivity index (χ3n) is 4.38. The number of esters is 2. The van der Waals surface area contributed by atoms with Crippen LogP contribution in [0.1, 0.15) is 22.8 Å². The molecule has 8 heteroatoms. The topological polar surface area (TPSA) is 82.1 Å². The van der Waals surface area contributed by atoms with E-state index in [0.717, 1.165) is 11.1 Å². The van der Waals surface area contributed by atoms with E-state index in [0.29, 0.717) is 23.9 Å². The van der Waals surface area contributed by atoms with Crippen LogP contribution in [-0.4, -0.2) is 54.6 Å². The fourth-order valence-electron chi connectivity index (χ4n) is 2.77. The van der Waals surface area contributed by atoms with E-state index in [1.165, 1.54) is 37.7 Å². The first-order valence-electron chi connectivity index (χ1n) is 9.81. The molecule has 2 atom stereocenters. The van der Waals surface area contributed by atoms with Crippen LogP contribution < -0.4 is 4.74 Å². The van der Waals surface area contributed by atoms with Gasteiger partial charge in [0.25, 0.3) is 0 Å². The van der Waals surface area contributed by atoms with Gasteiger partial charge in [0.2, 0.25) is 0 Å². The molecule has 168 valence electrons. The zero-order valence-electron chi connectivity index (χ0n) is 17.7. The summed E-state index contributed by atoms with van der Waals surface area (Å²) in [7, 11) is 2.70. The van der Waals surface area contributed by atoms with Crippen LogP contribution in [0.2, 0.25) is 0 Å². The van der Waals surface area contributed by atoms with Crippen molar-refractivity contribution in [3.63, 3.8) is 0 Å². The summed E-state index contributed by atoms with van der Waals surface area (Å²) in [5, 5.41) is 10.6. The number of aliphatic hydroxyl groups excluding tert-OH is 1. The van der Waals surface area contributed by atoms with E-state index in [2.05, 4.69) is 4.74 Å². The molecule has 0 aliphatic rings. The van der Waals surface area contributed by atoms with Crippen molar-refractivity contribution in [2.75, 3.05) is 31.5 Å². The van der Waals surface area contributed by atoms with Crippen molar-refractivity contribution >= 4 is 35.5 Å². The minimum Gasteiger partial charge on any atom is -0.489 e. The van der Waals surface area contributed by atoms with Gasteiger partial charge in [-0.05, 0) is 11.6 Å². The van der Waals surface area contributed by atoms with Gasteiger partial charge in [-0.15, -0.1) is 11.8 Å². The zero-order valence-corrected chi connectivity index (χ0v) is 19.3. The third-order valence-corrected chi connectivity index (χ3v) is 6.76. The van der Waals surface area contributed by atoms with E-state index in [9.17, 15) is 14.7 Å². The van der Waals surface area contributed by atoms with Crippen LogP contribution in [0.15, 0.2) is 54.6 Å². The lowest BCUT2D eigenvalue weighted by Gasteiger charge is -2.25. The van der Waals surface area contributed by atoms with Gasteiger partial charge in [-0.2, -0.15) is 11.8 Å². The summed E-state index contributed by atoms with van der Waals surface area (Å²) in [5.74, 6) is 1.05. The van der Waals surface area contributed by atoms with Crippen molar-refractivity contribution in [2.24, 2.45) is 0 Å². The molecule has 0 saturated heterocycles. The van der Waals surface area contributed by atoms with E-state index in [-0.39, 0.29) is 29.4 Å². The average molecular weight is 465 g/mol. The SMILES string of the molecule is COC(=O)CCSC(c1ccccc1OCc1ccccc1)C(O)CSCC(=O)OC. The molecule has 0 bridgehead atoms. The van der Waals surface area contributed by atoms with Crippen molar-refractivity contribution in [3.8, 4) is 5.75 Å². The molecular weight excluding hydrogens is 436 g/mol. The largest absolute Gasteiger partial charge is 0.489 e. The van der Waals surface area contributed by atoms with E-state index < -0.39 is 6.10 Å². The van der Waals surface area contributed by atoms with Gasteiger partial charge < -0.3 is 19.3 Å². The Kier molecular flexibility index (Phi) is 11.3. The first-order chi connectivity index (χ1) is 15.0. The minimum atomic E-state index is -0.751. The number of hydrogen-bond acceptors (Lipinski definition) is 8. The van der Waals surface area contributed by atoms with Crippen LogP contribution in [0.4, 0.5) is 0 Å². The van der Waals surface area contributed by atoms with Crippen LogP contribution >= 0.6 is 23.5 Å². The maximum atomic E-state index is 11.5. The number of aliphatic hydroxyl groups is 1. The average Bonchev–Trinajstić information content (AvgIpc) is 2.81. The van der Waals surface area contributed by atoms with Gasteiger partial charge in [0.1, 0.15) is 12.4 Å². The Hall–Kier alpha value is -2.16. The standard InChI is InChI=1S/C23H28O6S2/c1-27-21(25)12-13-31-23(19(24)15-30-16-22(26)28-2)18-10-6-7-11-20(18)29-14-17-8-4-3-5-9-17/h3-11,19,23-24H,12-16H2,1-2H3. The lowest BCUT2D eigenvalue weighted by Crippen LogP contribution is -2.21. The molecule has 0 amide bonds. The Labute approximate surface area is 191 Å². The first kappa shape index (κ1) is 25.1. The number of para-hydroxylation sites is 1. The first-order valence-corrected chi connectivity index (χ1v) is 12.0. The molecule has 0 fully saturated rings. The Morgan fingerprint density at radius 1 is 0.968 bits per heavy atom. The highest BCUT2D eigenvalue weighted by atomic mass is 32.2. The van der Waals surface area contributed by atoms with Crippen LogP contribution in [0.3, 0.4) is 0 Å². The Morgan fingerprint density at radius 3 is 2.35 bits per heavy atom. The molecule has 0 heterocycles. The van der Waals surface area contributed by atoms with Gasteiger partial charge in [-0.25, -0.2) is 0 Å². The maximum Gasteiger partial charge on any atom is 0.315 e. The predicted molar refractivity (Wildman–Crippen MR) is 124 cm³/mol. The second-order valence-corrected chi connectivity index (χ2v) is 8.87. The number of hydrogen-bond donors (Lipinski definition) is 1. The van der Waals surface area contributed by atoms with Gasteiger partial charge in [0, 0.05) is 17.1 Å². The highest BCUT2D eigenvalue weighted by Crippen LogP contribution is 2.39. The van der Waals surface area contributed by atoms with Crippen LogP contribution in [-0.2, 0) is 25.7 Å². The summed E-state index contributed by atoms with van der Waals surface area (Å²) in [5.41, 5.74) is 1.89. The summed E-state index contributed by atoms with van der Waals surface area (Å²) in [4.78, 5) is 22.9. The normalized spacial score (nSPS) is 12.6. The molecule has 0 spiro atoms. The van der Waals surface area contributed by atoms with Crippen molar-refractivity contribution < 1.29 is 28.9 Å². The summed E-state index contributed by atoms with van der Waals surface area (Å²) < 4.78 is 15.4. The molecule has 6 nitrogen and oxygen atoms in total. The molecular formula is C23H28O6S2. The molecule has 2 aromatic carbocycles. The number of thioether (sulfide) groups is 2. The second-order valence-electron chi connectivity index (χ2n) is 6.59. The van der Waals surface area contributed by atoms with E-state index >= 15 is 0 Å². The van der Waals surface area contributed by atoms with Crippen LogP contribution in [0.5, 0.6) is 5.75 Å². The Morgan fingerprint density at radius 2 is 1.65 bits per heavy atom. The molecule has 2 unspecified atom stereocenters. The molecule has 0 aromatic heterocycles. The third kappa shape index (κ3) is 8.85. The fraction of sp³-hybridized carbons (Fsp3) is 0.391. The monoisotopic (exact) mass is 464 g/mol. The summed E-state index contributed by atoms with van der Waals surface area (Å²) in [6.07, 6.45) is -0.508. The molecule has 2 aromatic rings. The highest BCUT2D eigenvalue weighted by Gasteiger charge is 2.25. The molecule has 2 rings (SSSR count). The predicted octanol–water partition coefficient (Wildman–Crippen LogP) is 3.87.